The summed E-state index contributed by atoms with van der Waals surface area (Å²) >= 11 is 0. The standard InChI is InChI=1S/C8H19NO.F6P/c1-5-9(6-2)8(4)10-7-3;1-7(2,3,4,5)6/h8H,5-7H2,1-4H3;/q;-1/p+1. The van der Waals surface area contributed by atoms with Gasteiger partial charge in [0.15, 0.2) is 6.23 Å². The molecule has 110 valence electrons. The van der Waals surface area contributed by atoms with E-state index in [4.69, 9.17) is 4.74 Å². The van der Waals surface area contributed by atoms with Gasteiger partial charge in [0.05, 0.1) is 19.7 Å². The van der Waals surface area contributed by atoms with Crippen LogP contribution in [0.2, 0.25) is 0 Å². The van der Waals surface area contributed by atoms with Crippen molar-refractivity contribution in [3.05, 3.63) is 0 Å². The van der Waals surface area contributed by atoms with E-state index in [1.165, 1.54) is 4.90 Å². The zero-order valence-electron chi connectivity index (χ0n) is 10.3. The summed E-state index contributed by atoms with van der Waals surface area (Å²) in [5, 5.41) is 0. The van der Waals surface area contributed by atoms with E-state index >= 15 is 0 Å². The second kappa shape index (κ2) is 5.71. The third-order valence-corrected chi connectivity index (χ3v) is 1.90. The van der Waals surface area contributed by atoms with Crippen LogP contribution < -0.4 is 4.90 Å². The quantitative estimate of drug-likeness (QED) is 0.463. The second-order valence-electron chi connectivity index (χ2n) is 3.42. The first-order chi connectivity index (χ1) is 7.21. The second-order valence-corrected chi connectivity index (χ2v) is 5.34. The molecule has 0 amide bonds. The van der Waals surface area contributed by atoms with Crippen molar-refractivity contribution in [3.63, 3.8) is 0 Å². The van der Waals surface area contributed by atoms with Crippen LogP contribution >= 0.6 is 7.81 Å². The van der Waals surface area contributed by atoms with Crippen molar-refractivity contribution in [2.45, 2.75) is 33.9 Å². The van der Waals surface area contributed by atoms with E-state index in [1.54, 1.807) is 0 Å². The monoisotopic (exact) mass is 291 g/mol. The van der Waals surface area contributed by atoms with Crippen LogP contribution in [0.25, 0.3) is 0 Å². The molecule has 0 spiro atoms. The fourth-order valence-corrected chi connectivity index (χ4v) is 1.19. The molecule has 0 fully saturated rings. The van der Waals surface area contributed by atoms with E-state index < -0.39 is 7.81 Å². The normalized spacial score (nSPS) is 17.8. The summed E-state index contributed by atoms with van der Waals surface area (Å²) in [5.74, 6) is 0. The Labute approximate surface area is 97.2 Å². The minimum absolute atomic E-state index is 0.361. The first-order valence-corrected chi connectivity index (χ1v) is 7.26. The van der Waals surface area contributed by atoms with Crippen LogP contribution in [-0.2, 0) is 4.74 Å². The van der Waals surface area contributed by atoms with Gasteiger partial charge in [-0.25, -0.2) is 0 Å². The molecular weight excluding hydrogens is 271 g/mol. The van der Waals surface area contributed by atoms with Crippen molar-refractivity contribution in [3.8, 4) is 0 Å². The molecule has 9 heteroatoms. The summed E-state index contributed by atoms with van der Waals surface area (Å²) in [6, 6.07) is 0. The van der Waals surface area contributed by atoms with Gasteiger partial charge in [0.2, 0.25) is 0 Å². The zero-order valence-corrected chi connectivity index (χ0v) is 11.2. The molecule has 0 aromatic rings. The van der Waals surface area contributed by atoms with E-state index in [2.05, 4.69) is 20.8 Å². The predicted molar refractivity (Wildman–Crippen MR) is 56.7 cm³/mol. The Hall–Kier alpha value is -0.0700. The third kappa shape index (κ3) is 25.9. The third-order valence-electron chi connectivity index (χ3n) is 1.90. The molecule has 2 nitrogen and oxygen atoms in total. The van der Waals surface area contributed by atoms with Gasteiger partial charge in [-0.1, -0.05) is 0 Å². The number of rotatable bonds is 5. The molecule has 0 heterocycles. The van der Waals surface area contributed by atoms with E-state index in [1.807, 2.05) is 6.92 Å². The summed E-state index contributed by atoms with van der Waals surface area (Å²) in [7, 11) is -10.7. The maximum absolute atomic E-state index is 10.7. The Bertz CT molecular complexity index is 200. The molecule has 1 unspecified atom stereocenters. The maximum atomic E-state index is 9.87. The summed E-state index contributed by atoms with van der Waals surface area (Å²) in [5.41, 5.74) is 0. The van der Waals surface area contributed by atoms with Gasteiger partial charge in [-0.15, -0.1) is 0 Å². The molecule has 0 rings (SSSR count). The molecule has 1 N–H and O–H groups in total. The van der Waals surface area contributed by atoms with Gasteiger partial charge >= 0.3 is 33.0 Å². The van der Waals surface area contributed by atoms with Crippen LogP contribution in [0.1, 0.15) is 27.7 Å². The number of halogens is 6. The zero-order chi connectivity index (χ0) is 14.4. The van der Waals surface area contributed by atoms with Gasteiger partial charge < -0.3 is 9.64 Å². The number of hydrogen-bond donors (Lipinski definition) is 1. The van der Waals surface area contributed by atoms with E-state index in [-0.39, 0.29) is 0 Å². The summed E-state index contributed by atoms with van der Waals surface area (Å²) in [6.07, 6.45) is 0.361. The molecule has 0 aliphatic carbocycles. The van der Waals surface area contributed by atoms with Crippen molar-refractivity contribution >= 4 is 7.81 Å². The van der Waals surface area contributed by atoms with Gasteiger partial charge in [0, 0.05) is 6.92 Å². The number of hydrogen-bond acceptors (Lipinski definition) is 1. The first-order valence-electron chi connectivity index (χ1n) is 5.23. The van der Waals surface area contributed by atoms with Gasteiger partial charge in [-0.2, -0.15) is 0 Å². The minimum atomic E-state index is -10.7. The van der Waals surface area contributed by atoms with Crippen molar-refractivity contribution in [1.82, 2.24) is 0 Å². The Balaban J connectivity index is 0. The van der Waals surface area contributed by atoms with Crippen LogP contribution in [-0.4, -0.2) is 25.9 Å². The summed E-state index contributed by atoms with van der Waals surface area (Å²) in [4.78, 5) is 1.52. The average molecular weight is 291 g/mol. The SMILES string of the molecule is CCOC(C)[NH+](CC)CC.F[P-](F)(F)(F)(F)F. The number of ether oxygens (including phenoxy) is 1. The first kappa shape index (κ1) is 19.3. The topological polar surface area (TPSA) is 13.7 Å². The van der Waals surface area contributed by atoms with Crippen LogP contribution in [0.5, 0.6) is 0 Å². The van der Waals surface area contributed by atoms with Crippen molar-refractivity contribution in [1.29, 1.82) is 0 Å². The van der Waals surface area contributed by atoms with Gasteiger partial charge in [-0.05, 0) is 20.8 Å². The molecular formula is C8H20F6NOP. The van der Waals surface area contributed by atoms with E-state index in [0.29, 0.717) is 6.23 Å². The van der Waals surface area contributed by atoms with Gasteiger partial charge in [0.25, 0.3) is 0 Å². The number of quaternary nitrogens is 1. The van der Waals surface area contributed by atoms with Crippen LogP contribution in [0.3, 0.4) is 0 Å². The van der Waals surface area contributed by atoms with Crippen molar-refractivity contribution in [2.24, 2.45) is 0 Å². The van der Waals surface area contributed by atoms with Crippen molar-refractivity contribution in [2.75, 3.05) is 19.7 Å². The fourth-order valence-electron chi connectivity index (χ4n) is 1.19. The molecule has 0 aromatic carbocycles. The Morgan fingerprint density at radius 1 is 0.941 bits per heavy atom. The van der Waals surface area contributed by atoms with Crippen LogP contribution in [0.4, 0.5) is 25.2 Å². The fraction of sp³-hybridized carbons (Fsp3) is 1.00. The van der Waals surface area contributed by atoms with Gasteiger partial charge in [0.1, 0.15) is 0 Å². The van der Waals surface area contributed by atoms with Crippen molar-refractivity contribution < 1.29 is 34.8 Å². The van der Waals surface area contributed by atoms with E-state index in [0.717, 1.165) is 19.7 Å². The Kier molecular flexibility index (Phi) is 6.48. The van der Waals surface area contributed by atoms with Crippen LogP contribution in [0, 0.1) is 0 Å². The van der Waals surface area contributed by atoms with Crippen LogP contribution in [0.15, 0.2) is 0 Å². The molecule has 0 saturated heterocycles. The Morgan fingerprint density at radius 2 is 1.24 bits per heavy atom. The van der Waals surface area contributed by atoms with Gasteiger partial charge in [-0.3, -0.25) is 0 Å². The molecule has 0 radical (unpaired) electrons. The molecule has 1 atom stereocenters. The Morgan fingerprint density at radius 3 is 1.41 bits per heavy atom. The predicted octanol–water partition coefficient (Wildman–Crippen LogP) is 3.68. The van der Waals surface area contributed by atoms with E-state index in [9.17, 15) is 25.2 Å². The molecule has 0 bridgehead atoms. The number of nitrogens with one attached hydrogen (secondary N) is 1. The average Bonchev–Trinajstić information content (AvgIpc) is 2.01. The summed E-state index contributed by atoms with van der Waals surface area (Å²) < 4.78 is 64.6. The summed E-state index contributed by atoms with van der Waals surface area (Å²) in [6.45, 7) is 11.7. The molecule has 17 heavy (non-hydrogen) atoms. The molecule has 0 aliphatic heterocycles. The molecule has 0 aromatic heterocycles. The molecule has 0 saturated carbocycles. The molecule has 0 aliphatic rings.